The molecule has 0 N–H and O–H groups in total. The lowest BCUT2D eigenvalue weighted by molar-refractivity contribution is 0.627. The van der Waals surface area contributed by atoms with Crippen LogP contribution in [0.5, 0.6) is 0 Å². The van der Waals surface area contributed by atoms with E-state index in [1.54, 1.807) is 0 Å². The van der Waals surface area contributed by atoms with E-state index in [0.29, 0.717) is 5.92 Å². The Morgan fingerprint density at radius 2 is 1.87 bits per heavy atom. The van der Waals surface area contributed by atoms with Crippen LogP contribution in [0.4, 0.5) is 0 Å². The molecule has 0 aliphatic heterocycles. The van der Waals surface area contributed by atoms with E-state index in [-0.39, 0.29) is 0 Å². The van der Waals surface area contributed by atoms with Gasteiger partial charge in [0.2, 0.25) is 0 Å². The Labute approximate surface area is 147 Å². The third-order valence-corrected chi connectivity index (χ3v) is 5.73. The number of rotatable bonds is 6. The van der Waals surface area contributed by atoms with Crippen LogP contribution in [0.2, 0.25) is 0 Å². The second-order valence-electron chi connectivity index (χ2n) is 7.08. The molecule has 0 saturated carbocycles. The van der Waals surface area contributed by atoms with Crippen LogP contribution >= 0.6 is 12.6 Å². The first kappa shape index (κ1) is 18.4. The van der Waals surface area contributed by atoms with Crippen molar-refractivity contribution in [1.29, 1.82) is 0 Å². The number of benzene rings is 1. The normalized spacial score (nSPS) is 18.1. The zero-order valence-electron chi connectivity index (χ0n) is 15.2. The SMILES string of the molecule is C=c1c(CCCCC)c(C)c(=C)c(C2C=C(C)CCC2)c1CS. The van der Waals surface area contributed by atoms with Crippen LogP contribution in [0, 0.1) is 6.92 Å². The molecule has 2 rings (SSSR count). The molecule has 0 spiro atoms. The number of hydrogen-bond donors (Lipinski definition) is 1. The summed E-state index contributed by atoms with van der Waals surface area (Å²) in [6, 6.07) is 0. The van der Waals surface area contributed by atoms with Gasteiger partial charge in [-0.25, -0.2) is 0 Å². The minimum Gasteiger partial charge on any atom is -0.175 e. The molecule has 1 aromatic rings. The van der Waals surface area contributed by atoms with Gasteiger partial charge in [-0.2, -0.15) is 12.6 Å². The average molecular weight is 329 g/mol. The van der Waals surface area contributed by atoms with E-state index in [0.717, 1.165) is 12.2 Å². The number of unbranched alkanes of at least 4 members (excludes halogenated alkanes) is 2. The summed E-state index contributed by atoms with van der Waals surface area (Å²) in [7, 11) is 0. The van der Waals surface area contributed by atoms with Crippen molar-refractivity contribution in [1.82, 2.24) is 0 Å². The maximum atomic E-state index is 4.64. The lowest BCUT2D eigenvalue weighted by Crippen LogP contribution is -2.29. The maximum absolute atomic E-state index is 4.64. The zero-order valence-corrected chi connectivity index (χ0v) is 16.1. The minimum absolute atomic E-state index is 0.502. The van der Waals surface area contributed by atoms with E-state index in [4.69, 9.17) is 0 Å². The second kappa shape index (κ2) is 8.24. The fourth-order valence-corrected chi connectivity index (χ4v) is 4.36. The van der Waals surface area contributed by atoms with Crippen molar-refractivity contribution in [3.05, 3.63) is 44.3 Å². The van der Waals surface area contributed by atoms with Crippen LogP contribution in [0.15, 0.2) is 11.6 Å². The fourth-order valence-electron chi connectivity index (χ4n) is 3.99. The first-order chi connectivity index (χ1) is 11.0. The molecule has 0 amide bonds. The van der Waals surface area contributed by atoms with Gasteiger partial charge < -0.3 is 0 Å². The predicted octanol–water partition coefficient (Wildman–Crippen LogP) is 5.19. The van der Waals surface area contributed by atoms with Gasteiger partial charge in [0, 0.05) is 11.7 Å². The van der Waals surface area contributed by atoms with Crippen LogP contribution in [-0.4, -0.2) is 0 Å². The van der Waals surface area contributed by atoms with Crippen molar-refractivity contribution in [3.8, 4) is 0 Å². The zero-order chi connectivity index (χ0) is 17.0. The molecule has 1 aliphatic rings. The lowest BCUT2D eigenvalue weighted by atomic mass is 9.80. The summed E-state index contributed by atoms with van der Waals surface area (Å²) in [5, 5.41) is 2.47. The van der Waals surface area contributed by atoms with E-state index < -0.39 is 0 Å². The predicted molar refractivity (Wildman–Crippen MR) is 108 cm³/mol. The van der Waals surface area contributed by atoms with Crippen molar-refractivity contribution in [2.45, 2.75) is 77.4 Å². The highest BCUT2D eigenvalue weighted by Crippen LogP contribution is 2.31. The highest BCUT2D eigenvalue weighted by molar-refractivity contribution is 7.79. The summed E-state index contributed by atoms with van der Waals surface area (Å²) >= 11 is 4.64. The van der Waals surface area contributed by atoms with Gasteiger partial charge in [0.15, 0.2) is 0 Å². The van der Waals surface area contributed by atoms with Crippen molar-refractivity contribution >= 4 is 25.8 Å². The Bertz CT molecular complexity index is 681. The molecular weight excluding hydrogens is 296 g/mol. The molecule has 23 heavy (non-hydrogen) atoms. The molecule has 1 unspecified atom stereocenters. The average Bonchev–Trinajstić information content (AvgIpc) is 2.54. The van der Waals surface area contributed by atoms with Crippen molar-refractivity contribution < 1.29 is 0 Å². The maximum Gasteiger partial charge on any atom is 0.0163 e. The topological polar surface area (TPSA) is 0 Å². The van der Waals surface area contributed by atoms with Crippen LogP contribution in [0.25, 0.3) is 13.2 Å². The number of thiol groups is 1. The molecule has 0 radical (unpaired) electrons. The third-order valence-electron chi connectivity index (χ3n) is 5.42. The van der Waals surface area contributed by atoms with Gasteiger partial charge in [-0.3, -0.25) is 0 Å². The lowest BCUT2D eigenvalue weighted by Gasteiger charge is -2.25. The summed E-state index contributed by atoms with van der Waals surface area (Å²) in [6.07, 6.45) is 11.1. The Balaban J connectivity index is 2.54. The quantitative estimate of drug-likeness (QED) is 0.414. The van der Waals surface area contributed by atoms with E-state index in [9.17, 15) is 0 Å². The van der Waals surface area contributed by atoms with Gasteiger partial charge in [-0.15, -0.1) is 0 Å². The van der Waals surface area contributed by atoms with Gasteiger partial charge in [0.05, 0.1) is 0 Å². The van der Waals surface area contributed by atoms with Gasteiger partial charge >= 0.3 is 0 Å². The molecule has 1 aromatic carbocycles. The number of allylic oxidation sites excluding steroid dienone is 2. The van der Waals surface area contributed by atoms with Crippen molar-refractivity contribution in [2.24, 2.45) is 0 Å². The van der Waals surface area contributed by atoms with Crippen LogP contribution in [0.3, 0.4) is 0 Å². The molecule has 0 heterocycles. The third kappa shape index (κ3) is 3.94. The Hall–Kier alpha value is -0.950. The Morgan fingerprint density at radius 1 is 1.13 bits per heavy atom. The Morgan fingerprint density at radius 3 is 2.48 bits per heavy atom. The highest BCUT2D eigenvalue weighted by atomic mass is 32.1. The molecule has 1 aliphatic carbocycles. The summed E-state index contributed by atoms with van der Waals surface area (Å²) in [5.74, 6) is 1.27. The largest absolute Gasteiger partial charge is 0.175 e. The van der Waals surface area contributed by atoms with E-state index in [1.807, 2.05) is 0 Å². The molecule has 0 saturated heterocycles. The van der Waals surface area contributed by atoms with Gasteiger partial charge in [-0.1, -0.05) is 44.6 Å². The monoisotopic (exact) mass is 328 g/mol. The first-order valence-corrected chi connectivity index (χ1v) is 9.74. The molecule has 126 valence electrons. The van der Waals surface area contributed by atoms with Gasteiger partial charge in [-0.05, 0) is 78.6 Å². The molecule has 1 atom stereocenters. The summed E-state index contributed by atoms with van der Waals surface area (Å²) in [5.41, 5.74) is 7.06. The summed E-state index contributed by atoms with van der Waals surface area (Å²) in [6.45, 7) is 15.7. The van der Waals surface area contributed by atoms with Crippen LogP contribution < -0.4 is 10.4 Å². The first-order valence-electron chi connectivity index (χ1n) is 9.11. The van der Waals surface area contributed by atoms with Crippen LogP contribution in [0.1, 0.15) is 80.5 Å². The van der Waals surface area contributed by atoms with Gasteiger partial charge in [0.25, 0.3) is 0 Å². The smallest absolute Gasteiger partial charge is 0.0163 e. The molecule has 1 heteroatoms. The van der Waals surface area contributed by atoms with E-state index >= 15 is 0 Å². The standard InChI is InChI=1S/C22H32S/c1-6-7-8-12-20-16(3)17(4)22(21(14-23)18(20)5)19-11-9-10-15(2)13-19/h13,19,23H,4-12,14H2,1-3H3. The van der Waals surface area contributed by atoms with Gasteiger partial charge in [0.1, 0.15) is 0 Å². The molecule has 0 nitrogen and oxygen atoms in total. The summed E-state index contributed by atoms with van der Waals surface area (Å²) in [4.78, 5) is 0. The number of hydrogen-bond acceptors (Lipinski definition) is 1. The molecule has 0 bridgehead atoms. The van der Waals surface area contributed by atoms with E-state index in [2.05, 4.69) is 52.6 Å². The fraction of sp³-hybridized carbons (Fsp3) is 0.545. The second-order valence-corrected chi connectivity index (χ2v) is 7.40. The molecule has 0 aromatic heterocycles. The van der Waals surface area contributed by atoms with E-state index in [1.165, 1.54) is 76.8 Å². The Kier molecular flexibility index (Phi) is 6.59. The summed E-state index contributed by atoms with van der Waals surface area (Å²) < 4.78 is 0. The highest BCUT2D eigenvalue weighted by Gasteiger charge is 2.20. The molecule has 0 fully saturated rings. The molecular formula is C22H32S. The van der Waals surface area contributed by atoms with Crippen molar-refractivity contribution in [2.75, 3.05) is 0 Å². The van der Waals surface area contributed by atoms with Crippen molar-refractivity contribution in [3.63, 3.8) is 0 Å². The van der Waals surface area contributed by atoms with Crippen LogP contribution in [-0.2, 0) is 12.2 Å². The minimum atomic E-state index is 0.502.